The number of carbonyl (C=O) groups excluding carboxylic acids is 3. The molecule has 244 valence electrons. The van der Waals surface area contributed by atoms with E-state index in [0.717, 1.165) is 26.9 Å². The average molecular weight is 697 g/mol. The van der Waals surface area contributed by atoms with Gasteiger partial charge in [0.15, 0.2) is 11.5 Å². The topological polar surface area (TPSA) is 135 Å². The van der Waals surface area contributed by atoms with Gasteiger partial charge in [0.2, 0.25) is 12.7 Å². The molecule has 3 aliphatic heterocycles. The first-order valence-corrected chi connectivity index (χ1v) is 16.1. The zero-order chi connectivity index (χ0) is 32.7. The van der Waals surface area contributed by atoms with E-state index < -0.39 is 36.0 Å². The summed E-state index contributed by atoms with van der Waals surface area (Å²) in [7, 11) is 0. The Hall–Kier alpha value is -4.26. The van der Waals surface area contributed by atoms with Crippen molar-refractivity contribution in [2.45, 2.75) is 77.9 Å². The van der Waals surface area contributed by atoms with Gasteiger partial charge in [-0.05, 0) is 50.5 Å². The number of aromatic nitrogens is 2. The molecular formula is C33H38BrN5O7. The largest absolute Gasteiger partial charge is 0.454 e. The number of amides is 3. The second-order valence-corrected chi connectivity index (χ2v) is 14.0. The number of benzene rings is 2. The van der Waals surface area contributed by atoms with Gasteiger partial charge in [-0.3, -0.25) is 9.69 Å². The maximum atomic E-state index is 14.2. The maximum Gasteiger partial charge on any atom is 0.410 e. The van der Waals surface area contributed by atoms with Crippen LogP contribution in [0.5, 0.6) is 11.5 Å². The van der Waals surface area contributed by atoms with Gasteiger partial charge >= 0.3 is 12.2 Å². The average Bonchev–Trinajstić information content (AvgIpc) is 3.79. The molecular weight excluding hydrogens is 658 g/mol. The fraction of sp³-hybridized carbons (Fsp3) is 0.455. The number of H-pyrrole nitrogens is 1. The third kappa shape index (κ3) is 6.64. The number of hydrogen-bond acceptors (Lipinski definition) is 8. The van der Waals surface area contributed by atoms with E-state index in [4.69, 9.17) is 23.9 Å². The molecule has 3 atom stereocenters. The minimum absolute atomic E-state index is 0.135. The van der Waals surface area contributed by atoms with Gasteiger partial charge in [-0.15, -0.1) is 0 Å². The molecule has 46 heavy (non-hydrogen) atoms. The Morgan fingerprint density at radius 2 is 1.85 bits per heavy atom. The van der Waals surface area contributed by atoms with Crippen molar-refractivity contribution in [2.24, 2.45) is 5.92 Å². The first kappa shape index (κ1) is 31.7. The molecule has 4 heterocycles. The molecule has 1 fully saturated rings. The summed E-state index contributed by atoms with van der Waals surface area (Å²) in [6.45, 7) is 10.0. The number of imidazole rings is 1. The van der Waals surface area contributed by atoms with Crippen molar-refractivity contribution >= 4 is 34.0 Å². The van der Waals surface area contributed by atoms with E-state index in [1.165, 1.54) is 0 Å². The Balaban J connectivity index is 1.22. The van der Waals surface area contributed by atoms with E-state index in [2.05, 4.69) is 26.2 Å². The lowest BCUT2D eigenvalue weighted by Gasteiger charge is -2.31. The number of aromatic amines is 1. The van der Waals surface area contributed by atoms with Crippen LogP contribution in [0.3, 0.4) is 0 Å². The van der Waals surface area contributed by atoms with Crippen molar-refractivity contribution < 1.29 is 33.3 Å². The molecule has 1 aromatic heterocycles. The molecule has 0 saturated carbocycles. The second-order valence-electron chi connectivity index (χ2n) is 13.1. The lowest BCUT2D eigenvalue weighted by Crippen LogP contribution is -2.52. The van der Waals surface area contributed by atoms with Crippen LogP contribution in [0.1, 0.15) is 64.0 Å². The zero-order valence-electron chi connectivity index (χ0n) is 26.5. The number of likely N-dealkylation sites (tertiary alicyclic amines) is 1. The predicted molar refractivity (Wildman–Crippen MR) is 171 cm³/mol. The van der Waals surface area contributed by atoms with Crippen LogP contribution in [0.25, 0.3) is 11.3 Å². The van der Waals surface area contributed by atoms with Crippen molar-refractivity contribution in [1.29, 1.82) is 0 Å². The summed E-state index contributed by atoms with van der Waals surface area (Å²) in [6.07, 6.45) is 0.360. The molecule has 1 unspecified atom stereocenters. The number of carbonyl (C=O) groups is 3. The molecule has 6 rings (SSSR count). The number of halogens is 1. The molecule has 0 spiro atoms. The maximum absolute atomic E-state index is 14.2. The molecule has 2 N–H and O–H groups in total. The molecule has 12 nitrogen and oxygen atoms in total. The van der Waals surface area contributed by atoms with Crippen molar-refractivity contribution in [3.63, 3.8) is 0 Å². The Labute approximate surface area is 275 Å². The van der Waals surface area contributed by atoms with Gasteiger partial charge in [-0.1, -0.05) is 48.0 Å². The van der Waals surface area contributed by atoms with Gasteiger partial charge in [0, 0.05) is 34.8 Å². The van der Waals surface area contributed by atoms with Gasteiger partial charge < -0.3 is 34.1 Å². The van der Waals surface area contributed by atoms with Crippen LogP contribution < -0.4 is 14.8 Å². The summed E-state index contributed by atoms with van der Waals surface area (Å²) in [5.41, 5.74) is 2.79. The summed E-state index contributed by atoms with van der Waals surface area (Å²) in [5.74, 6) is 1.34. The van der Waals surface area contributed by atoms with Crippen molar-refractivity contribution in [3.8, 4) is 22.8 Å². The minimum Gasteiger partial charge on any atom is -0.454 e. The summed E-state index contributed by atoms with van der Waals surface area (Å²) >= 11 is 3.46. The molecule has 13 heteroatoms. The highest BCUT2D eigenvalue weighted by molar-refractivity contribution is 9.10. The smallest absolute Gasteiger partial charge is 0.410 e. The number of nitrogens with one attached hydrogen (secondary N) is 2. The van der Waals surface area contributed by atoms with E-state index in [1.807, 2.05) is 50.2 Å². The van der Waals surface area contributed by atoms with E-state index in [9.17, 15) is 14.4 Å². The predicted octanol–water partition coefficient (Wildman–Crippen LogP) is 5.91. The van der Waals surface area contributed by atoms with Crippen LogP contribution in [0.4, 0.5) is 9.59 Å². The van der Waals surface area contributed by atoms with Crippen LogP contribution >= 0.6 is 15.9 Å². The molecule has 3 aliphatic rings. The number of ether oxygens (including phenoxy) is 4. The molecule has 1 saturated heterocycles. The normalized spacial score (nSPS) is 19.3. The monoisotopic (exact) mass is 695 g/mol. The van der Waals surface area contributed by atoms with E-state index in [1.54, 1.807) is 36.8 Å². The van der Waals surface area contributed by atoms with E-state index in [0.29, 0.717) is 36.8 Å². The minimum atomic E-state index is -0.870. The lowest BCUT2D eigenvalue weighted by atomic mass is 10.0. The number of nitrogens with zero attached hydrogens (tertiary/aromatic N) is 3. The van der Waals surface area contributed by atoms with Crippen LogP contribution in [0.15, 0.2) is 47.1 Å². The van der Waals surface area contributed by atoms with Gasteiger partial charge in [-0.25, -0.2) is 14.6 Å². The van der Waals surface area contributed by atoms with Crippen LogP contribution in [0, 0.1) is 5.92 Å². The lowest BCUT2D eigenvalue weighted by molar-refractivity contribution is -0.136. The summed E-state index contributed by atoms with van der Waals surface area (Å²) < 4.78 is 23.6. The Kier molecular flexibility index (Phi) is 8.62. The highest BCUT2D eigenvalue weighted by Crippen LogP contribution is 2.42. The summed E-state index contributed by atoms with van der Waals surface area (Å²) in [6, 6.07) is 10.2. The number of rotatable bonds is 6. The summed E-state index contributed by atoms with van der Waals surface area (Å²) in [5, 5.41) is 2.76. The second kappa shape index (κ2) is 12.5. The molecule has 3 amide bonds. The third-order valence-corrected chi connectivity index (χ3v) is 8.71. The molecule has 0 bridgehead atoms. The summed E-state index contributed by atoms with van der Waals surface area (Å²) in [4.78, 5) is 51.7. The quantitative estimate of drug-likeness (QED) is 0.325. The number of hydrogen-bond donors (Lipinski definition) is 2. The standard InChI is InChI=1S/C33H38BrN5O7/c1-18(2)27(37-31(41)46-33(3,4)5)30(40)39-15-22(12-25(39)29-35-13-24(36-29)19-6-9-21(34)10-7-19)45-32(42)38-14-20-8-11-26-28(23(20)16-38)44-17-43-26/h6-11,13,18,22,25,27H,12,14-17H2,1-5H3,(H,35,36)(H,37,41)/t22-,25+,27?/m1/s1. The third-order valence-electron chi connectivity index (χ3n) is 8.18. The van der Waals surface area contributed by atoms with Gasteiger partial charge in [0.25, 0.3) is 0 Å². The molecule has 0 aliphatic carbocycles. The Bertz CT molecular complexity index is 1630. The van der Waals surface area contributed by atoms with Crippen LogP contribution in [-0.2, 0) is 27.4 Å². The first-order chi connectivity index (χ1) is 21.9. The molecule has 0 radical (unpaired) electrons. The highest BCUT2D eigenvalue weighted by Gasteiger charge is 2.44. The van der Waals surface area contributed by atoms with Crippen LogP contribution in [0.2, 0.25) is 0 Å². The van der Waals surface area contributed by atoms with Gasteiger partial charge in [-0.2, -0.15) is 0 Å². The van der Waals surface area contributed by atoms with E-state index in [-0.39, 0.29) is 25.2 Å². The number of fused-ring (bicyclic) bond motifs is 3. The fourth-order valence-corrected chi connectivity index (χ4v) is 6.24. The van der Waals surface area contributed by atoms with Gasteiger partial charge in [0.1, 0.15) is 23.6 Å². The highest BCUT2D eigenvalue weighted by atomic mass is 79.9. The van der Waals surface area contributed by atoms with Crippen molar-refractivity contribution in [3.05, 3.63) is 64.0 Å². The number of alkyl carbamates (subject to hydrolysis) is 1. The fourth-order valence-electron chi connectivity index (χ4n) is 5.98. The molecule has 3 aromatic rings. The molecule has 2 aromatic carbocycles. The first-order valence-electron chi connectivity index (χ1n) is 15.3. The van der Waals surface area contributed by atoms with Crippen molar-refractivity contribution in [2.75, 3.05) is 13.3 Å². The van der Waals surface area contributed by atoms with Crippen LogP contribution in [-0.4, -0.2) is 68.9 Å². The van der Waals surface area contributed by atoms with Gasteiger partial charge in [0.05, 0.1) is 24.8 Å². The Morgan fingerprint density at radius 3 is 2.57 bits per heavy atom. The Morgan fingerprint density at radius 1 is 1.09 bits per heavy atom. The van der Waals surface area contributed by atoms with E-state index >= 15 is 0 Å². The zero-order valence-corrected chi connectivity index (χ0v) is 28.0. The SMILES string of the molecule is CC(C)C(NC(=O)OC(C)(C)C)C(=O)N1C[C@H](OC(=O)N2Cc3ccc4c(c3C2)OCO4)C[C@H]1c1nc(-c2ccc(Br)cc2)c[nH]1. The van der Waals surface area contributed by atoms with Crippen molar-refractivity contribution in [1.82, 2.24) is 25.1 Å².